The van der Waals surface area contributed by atoms with E-state index in [-0.39, 0.29) is 24.9 Å². The van der Waals surface area contributed by atoms with Crippen LogP contribution in [-0.2, 0) is 21.5 Å². The normalized spacial score (nSPS) is 18.0. The molecule has 2 heterocycles. The number of carbonyl (C=O) groups excluding carboxylic acids is 1. The molecule has 1 fully saturated rings. The van der Waals surface area contributed by atoms with Crippen LogP contribution in [-0.4, -0.2) is 67.4 Å². The lowest BCUT2D eigenvalue weighted by atomic mass is 9.99. The molecule has 1 aromatic carbocycles. The Bertz CT molecular complexity index is 942. The van der Waals surface area contributed by atoms with Crippen LogP contribution >= 0.6 is 0 Å². The number of hydrogen-bond acceptors (Lipinski definition) is 7. The molecule has 1 aromatic heterocycles. The van der Waals surface area contributed by atoms with Crippen LogP contribution in [0.15, 0.2) is 28.8 Å². The molecule has 3 rings (SSSR count). The van der Waals surface area contributed by atoms with Gasteiger partial charge in [-0.05, 0) is 37.1 Å². The Balaban J connectivity index is 1.57. The van der Waals surface area contributed by atoms with E-state index in [2.05, 4.69) is 15.5 Å². The number of hydrogen-bond donors (Lipinski definition) is 1. The molecule has 1 atom stereocenters. The Morgan fingerprint density at radius 2 is 2.07 bits per heavy atom. The zero-order valence-corrected chi connectivity index (χ0v) is 17.5. The summed E-state index contributed by atoms with van der Waals surface area (Å²) in [6.45, 7) is 0.658. The molecule has 1 saturated heterocycles. The van der Waals surface area contributed by atoms with Crippen molar-refractivity contribution in [1.29, 1.82) is 0 Å². The fourth-order valence-electron chi connectivity index (χ4n) is 3.09. The molecule has 158 valence electrons. The Kier molecular flexibility index (Phi) is 6.50. The van der Waals surface area contributed by atoms with Crippen molar-refractivity contribution in [3.63, 3.8) is 0 Å². The van der Waals surface area contributed by atoms with Crippen LogP contribution in [0, 0.1) is 5.92 Å². The summed E-state index contributed by atoms with van der Waals surface area (Å²) in [6.07, 6.45) is 1.26. The van der Waals surface area contributed by atoms with Crippen LogP contribution in [0.25, 0.3) is 11.4 Å². The van der Waals surface area contributed by atoms with Gasteiger partial charge in [0.05, 0.1) is 19.6 Å². The lowest BCUT2D eigenvalue weighted by molar-refractivity contribution is -0.126. The number of carbonyl (C=O) groups is 1. The van der Waals surface area contributed by atoms with Crippen molar-refractivity contribution in [2.75, 3.05) is 34.3 Å². The van der Waals surface area contributed by atoms with Gasteiger partial charge in [0, 0.05) is 32.7 Å². The second-order valence-electron chi connectivity index (χ2n) is 6.95. The lowest BCUT2D eigenvalue weighted by Crippen LogP contribution is -2.48. The van der Waals surface area contributed by atoms with Gasteiger partial charge in [-0.1, -0.05) is 5.16 Å². The molecule has 29 heavy (non-hydrogen) atoms. The van der Waals surface area contributed by atoms with Gasteiger partial charge in [-0.25, -0.2) is 0 Å². The molecule has 1 N–H and O–H groups in total. The van der Waals surface area contributed by atoms with Crippen LogP contribution < -0.4 is 10.1 Å². The van der Waals surface area contributed by atoms with Gasteiger partial charge in [0.25, 0.3) is 10.2 Å². The molecule has 0 radical (unpaired) electrons. The van der Waals surface area contributed by atoms with Gasteiger partial charge >= 0.3 is 0 Å². The van der Waals surface area contributed by atoms with Crippen molar-refractivity contribution in [2.45, 2.75) is 19.4 Å². The summed E-state index contributed by atoms with van der Waals surface area (Å²) < 4.78 is 37.4. The number of amides is 1. The summed E-state index contributed by atoms with van der Waals surface area (Å²) in [5, 5.41) is 6.69. The SMILES string of the molecule is COc1ccc(-c2noc(CNC(=O)[C@H]3CCCN(S(=O)(=O)N(C)C)C3)n2)cc1. The third kappa shape index (κ3) is 4.92. The molecule has 0 bridgehead atoms. The highest BCUT2D eigenvalue weighted by Crippen LogP contribution is 2.21. The van der Waals surface area contributed by atoms with E-state index in [1.54, 1.807) is 19.2 Å². The third-order valence-corrected chi connectivity index (χ3v) is 6.68. The molecule has 0 unspecified atom stereocenters. The standard InChI is InChI=1S/C18H25N5O5S/c1-22(2)29(25,26)23-10-4-5-14(12-23)18(24)19-11-16-20-17(21-28-16)13-6-8-15(27-3)9-7-13/h6-9,14H,4-5,10-12H2,1-3H3,(H,19,24)/t14-/m0/s1. The van der Waals surface area contributed by atoms with Gasteiger partial charge < -0.3 is 14.6 Å². The van der Waals surface area contributed by atoms with Crippen LogP contribution in [0.1, 0.15) is 18.7 Å². The van der Waals surface area contributed by atoms with Gasteiger partial charge in [-0.2, -0.15) is 22.0 Å². The van der Waals surface area contributed by atoms with E-state index in [0.29, 0.717) is 25.2 Å². The van der Waals surface area contributed by atoms with Crippen LogP contribution in [0.2, 0.25) is 0 Å². The minimum absolute atomic E-state index is 0.0823. The van der Waals surface area contributed by atoms with Crippen molar-refractivity contribution < 1.29 is 22.5 Å². The van der Waals surface area contributed by atoms with Crippen molar-refractivity contribution in [3.8, 4) is 17.1 Å². The molecule has 0 aliphatic carbocycles. The molecular weight excluding hydrogens is 398 g/mol. The first-order chi connectivity index (χ1) is 13.8. The molecular formula is C18H25N5O5S. The van der Waals surface area contributed by atoms with Crippen molar-refractivity contribution >= 4 is 16.1 Å². The highest BCUT2D eigenvalue weighted by molar-refractivity contribution is 7.86. The Labute approximate surface area is 170 Å². The Morgan fingerprint density at radius 3 is 2.72 bits per heavy atom. The molecule has 1 aliphatic rings. The lowest BCUT2D eigenvalue weighted by Gasteiger charge is -2.32. The van der Waals surface area contributed by atoms with Gasteiger partial charge in [-0.3, -0.25) is 4.79 Å². The number of nitrogens with zero attached hydrogens (tertiary/aromatic N) is 4. The van der Waals surface area contributed by atoms with Crippen LogP contribution in [0.4, 0.5) is 0 Å². The molecule has 0 saturated carbocycles. The predicted molar refractivity (Wildman–Crippen MR) is 105 cm³/mol. The monoisotopic (exact) mass is 423 g/mol. The minimum atomic E-state index is -3.53. The van der Waals surface area contributed by atoms with E-state index in [4.69, 9.17) is 9.26 Å². The quantitative estimate of drug-likeness (QED) is 0.702. The highest BCUT2D eigenvalue weighted by Gasteiger charge is 2.33. The smallest absolute Gasteiger partial charge is 0.281 e. The largest absolute Gasteiger partial charge is 0.497 e. The molecule has 0 spiro atoms. The van der Waals surface area contributed by atoms with Crippen LogP contribution in [0.3, 0.4) is 0 Å². The maximum atomic E-state index is 12.5. The zero-order chi connectivity index (χ0) is 21.0. The fraction of sp³-hybridized carbons (Fsp3) is 0.500. The van der Waals surface area contributed by atoms with Crippen LogP contribution in [0.5, 0.6) is 5.75 Å². The van der Waals surface area contributed by atoms with Crippen molar-refractivity contribution in [2.24, 2.45) is 5.92 Å². The summed E-state index contributed by atoms with van der Waals surface area (Å²) in [5.74, 6) is 0.772. The number of rotatable bonds is 7. The Hall–Kier alpha value is -2.50. The predicted octanol–water partition coefficient (Wildman–Crippen LogP) is 0.880. The third-order valence-electron chi connectivity index (χ3n) is 4.77. The number of methoxy groups -OCH3 is 1. The van der Waals surface area contributed by atoms with E-state index < -0.39 is 16.1 Å². The summed E-state index contributed by atoms with van der Waals surface area (Å²) in [4.78, 5) is 16.8. The number of benzene rings is 1. The van der Waals surface area contributed by atoms with Crippen molar-refractivity contribution in [3.05, 3.63) is 30.2 Å². The maximum absolute atomic E-state index is 12.5. The maximum Gasteiger partial charge on any atom is 0.281 e. The fourth-order valence-corrected chi connectivity index (χ4v) is 4.28. The molecule has 1 aliphatic heterocycles. The topological polar surface area (TPSA) is 118 Å². The zero-order valence-electron chi connectivity index (χ0n) is 16.7. The average Bonchev–Trinajstić information content (AvgIpc) is 3.21. The second kappa shape index (κ2) is 8.89. The summed E-state index contributed by atoms with van der Waals surface area (Å²) in [6, 6.07) is 7.22. The van der Waals surface area contributed by atoms with E-state index in [1.165, 1.54) is 18.4 Å². The minimum Gasteiger partial charge on any atom is -0.497 e. The van der Waals surface area contributed by atoms with Gasteiger partial charge in [-0.15, -0.1) is 0 Å². The van der Waals surface area contributed by atoms with E-state index >= 15 is 0 Å². The molecule has 1 amide bonds. The first kappa shape index (κ1) is 21.2. The van der Waals surface area contributed by atoms with E-state index in [1.807, 2.05) is 12.1 Å². The second-order valence-corrected chi connectivity index (χ2v) is 9.09. The first-order valence-electron chi connectivity index (χ1n) is 9.23. The number of nitrogens with one attached hydrogen (secondary N) is 1. The summed E-state index contributed by atoms with van der Waals surface area (Å²) in [7, 11) is 1.02. The first-order valence-corrected chi connectivity index (χ1v) is 10.6. The van der Waals surface area contributed by atoms with E-state index in [0.717, 1.165) is 15.6 Å². The summed E-state index contributed by atoms with van der Waals surface area (Å²) in [5.41, 5.74) is 0.768. The highest BCUT2D eigenvalue weighted by atomic mass is 32.2. The van der Waals surface area contributed by atoms with Gasteiger partial charge in [0.15, 0.2) is 0 Å². The Morgan fingerprint density at radius 1 is 1.34 bits per heavy atom. The summed E-state index contributed by atoms with van der Waals surface area (Å²) >= 11 is 0. The van der Waals surface area contributed by atoms with Gasteiger partial charge in [0.2, 0.25) is 17.6 Å². The molecule has 11 heteroatoms. The molecule has 2 aromatic rings. The number of aromatic nitrogens is 2. The molecule has 10 nitrogen and oxygen atoms in total. The average molecular weight is 423 g/mol. The van der Waals surface area contributed by atoms with Crippen molar-refractivity contribution in [1.82, 2.24) is 24.1 Å². The van der Waals surface area contributed by atoms with E-state index in [9.17, 15) is 13.2 Å². The van der Waals surface area contributed by atoms with Gasteiger partial charge in [0.1, 0.15) is 5.75 Å². The number of ether oxygens (including phenoxy) is 1. The number of piperidine rings is 1.